The molecule has 0 N–H and O–H groups in total. The smallest absolute Gasteiger partial charge is 0.330 e. The van der Waals surface area contributed by atoms with Crippen LogP contribution in [0, 0.1) is 17.7 Å². The van der Waals surface area contributed by atoms with Crippen molar-refractivity contribution in [1.29, 1.82) is 0 Å². The molecule has 2 atom stereocenters. The molecule has 5 heteroatoms. The molecule has 1 aromatic heterocycles. The van der Waals surface area contributed by atoms with Crippen molar-refractivity contribution in [3.63, 3.8) is 0 Å². The van der Waals surface area contributed by atoms with Crippen LogP contribution in [0.2, 0.25) is 0 Å². The number of pyridine rings is 1. The summed E-state index contributed by atoms with van der Waals surface area (Å²) >= 11 is 0. The summed E-state index contributed by atoms with van der Waals surface area (Å²) in [5.74, 6) is 0.913. The van der Waals surface area contributed by atoms with Crippen molar-refractivity contribution >= 4 is 12.0 Å². The average molecular weight is 412 g/mol. The lowest BCUT2D eigenvalue weighted by atomic mass is 10.1. The fourth-order valence-corrected chi connectivity index (χ4v) is 3.71. The van der Waals surface area contributed by atoms with Crippen LogP contribution >= 0.6 is 0 Å². The standard InChI is InChI=1S/C25H30FNO3/c1-2-29-25(28)12-10-19-9-11-24(23(26)16-19)30-15-13-22-17-21(22)8-4-3-6-20-7-5-14-27-18-20/h5,7,9-12,14,16,18,21-22H,2-4,6,8,13,15,17H2,1H3/b12-10+/t21?,22-/m1/s1. The van der Waals surface area contributed by atoms with Gasteiger partial charge in [-0.15, -0.1) is 0 Å². The molecule has 1 fully saturated rings. The molecule has 1 saturated carbocycles. The summed E-state index contributed by atoms with van der Waals surface area (Å²) in [5, 5.41) is 0. The monoisotopic (exact) mass is 411 g/mol. The third-order valence-corrected chi connectivity index (χ3v) is 5.48. The van der Waals surface area contributed by atoms with Gasteiger partial charge >= 0.3 is 5.97 Å². The number of halogens is 1. The number of aromatic nitrogens is 1. The Morgan fingerprint density at radius 2 is 2.10 bits per heavy atom. The lowest BCUT2D eigenvalue weighted by Gasteiger charge is -2.08. The van der Waals surface area contributed by atoms with Gasteiger partial charge in [0.05, 0.1) is 13.2 Å². The molecule has 1 heterocycles. The molecule has 160 valence electrons. The highest BCUT2D eigenvalue weighted by Gasteiger charge is 2.35. The van der Waals surface area contributed by atoms with Crippen molar-refractivity contribution < 1.29 is 18.7 Å². The van der Waals surface area contributed by atoms with Crippen molar-refractivity contribution in [2.75, 3.05) is 13.2 Å². The number of nitrogens with zero attached hydrogens (tertiary/aromatic N) is 1. The van der Waals surface area contributed by atoms with Gasteiger partial charge in [-0.2, -0.15) is 0 Å². The number of carbonyl (C=O) groups excluding carboxylic acids is 1. The van der Waals surface area contributed by atoms with Crippen LogP contribution in [0.15, 0.2) is 48.8 Å². The third kappa shape index (κ3) is 7.29. The maximum absolute atomic E-state index is 14.2. The van der Waals surface area contributed by atoms with E-state index in [1.54, 1.807) is 19.1 Å². The first-order chi connectivity index (χ1) is 14.7. The molecular weight excluding hydrogens is 381 g/mol. The molecular formula is C25H30FNO3. The van der Waals surface area contributed by atoms with E-state index in [9.17, 15) is 9.18 Å². The minimum Gasteiger partial charge on any atom is -0.491 e. The minimum absolute atomic E-state index is 0.261. The minimum atomic E-state index is -0.436. The number of benzene rings is 1. The van der Waals surface area contributed by atoms with E-state index in [-0.39, 0.29) is 5.75 Å². The highest BCUT2D eigenvalue weighted by Crippen LogP contribution is 2.44. The van der Waals surface area contributed by atoms with Gasteiger partial charge in [-0.3, -0.25) is 4.98 Å². The van der Waals surface area contributed by atoms with E-state index in [1.807, 2.05) is 18.5 Å². The Kier molecular flexibility index (Phi) is 8.42. The van der Waals surface area contributed by atoms with Gasteiger partial charge in [-0.1, -0.05) is 25.0 Å². The lowest BCUT2D eigenvalue weighted by molar-refractivity contribution is -0.137. The van der Waals surface area contributed by atoms with Crippen LogP contribution in [0.3, 0.4) is 0 Å². The molecule has 1 aliphatic rings. The Hall–Kier alpha value is -2.69. The second kappa shape index (κ2) is 11.5. The van der Waals surface area contributed by atoms with Gasteiger partial charge in [-0.25, -0.2) is 9.18 Å². The molecule has 1 unspecified atom stereocenters. The molecule has 4 nitrogen and oxygen atoms in total. The number of ether oxygens (including phenoxy) is 2. The number of esters is 1. The predicted molar refractivity (Wildman–Crippen MR) is 116 cm³/mol. The highest BCUT2D eigenvalue weighted by molar-refractivity contribution is 5.87. The van der Waals surface area contributed by atoms with Crippen LogP contribution in [0.25, 0.3) is 6.08 Å². The molecule has 2 aromatic rings. The molecule has 0 aliphatic heterocycles. The maximum atomic E-state index is 14.2. The maximum Gasteiger partial charge on any atom is 0.330 e. The van der Waals surface area contributed by atoms with Crippen molar-refractivity contribution in [3.8, 4) is 5.75 Å². The van der Waals surface area contributed by atoms with Gasteiger partial charge in [0, 0.05) is 18.5 Å². The number of hydrogen-bond acceptors (Lipinski definition) is 4. The van der Waals surface area contributed by atoms with Gasteiger partial charge < -0.3 is 9.47 Å². The van der Waals surface area contributed by atoms with Crippen molar-refractivity contribution in [1.82, 2.24) is 4.98 Å². The van der Waals surface area contributed by atoms with Crippen LogP contribution in [0.5, 0.6) is 5.75 Å². The fourth-order valence-electron chi connectivity index (χ4n) is 3.71. The van der Waals surface area contributed by atoms with E-state index in [0.717, 1.165) is 18.8 Å². The predicted octanol–water partition coefficient (Wildman–Crippen LogP) is 5.62. The molecule has 1 aromatic carbocycles. The second-order valence-electron chi connectivity index (χ2n) is 7.78. The Balaban J connectivity index is 1.30. The van der Waals surface area contributed by atoms with Crippen molar-refractivity contribution in [2.24, 2.45) is 11.8 Å². The van der Waals surface area contributed by atoms with Gasteiger partial charge in [0.25, 0.3) is 0 Å². The highest BCUT2D eigenvalue weighted by atomic mass is 19.1. The second-order valence-corrected chi connectivity index (χ2v) is 7.78. The van der Waals surface area contributed by atoms with Gasteiger partial charge in [0.15, 0.2) is 11.6 Å². The Bertz CT molecular complexity index is 838. The molecule has 0 saturated heterocycles. The first-order valence-electron chi connectivity index (χ1n) is 10.8. The van der Waals surface area contributed by atoms with Gasteiger partial charge in [-0.05, 0) is 79.8 Å². The Morgan fingerprint density at radius 1 is 1.23 bits per heavy atom. The molecule has 0 amide bonds. The molecule has 0 bridgehead atoms. The number of carbonyl (C=O) groups is 1. The Morgan fingerprint density at radius 3 is 2.87 bits per heavy atom. The van der Waals surface area contributed by atoms with Gasteiger partial charge in [0.1, 0.15) is 0 Å². The Labute approximate surface area is 178 Å². The van der Waals surface area contributed by atoms with E-state index >= 15 is 0 Å². The quantitative estimate of drug-likeness (QED) is 0.259. The van der Waals surface area contributed by atoms with Crippen LogP contribution in [-0.4, -0.2) is 24.2 Å². The zero-order valence-electron chi connectivity index (χ0n) is 17.6. The normalized spacial score (nSPS) is 17.8. The van der Waals surface area contributed by atoms with Crippen molar-refractivity contribution in [3.05, 3.63) is 65.7 Å². The van der Waals surface area contributed by atoms with Crippen LogP contribution in [-0.2, 0) is 16.0 Å². The number of unbranched alkanes of at least 4 members (excludes halogenated alkanes) is 1. The van der Waals surface area contributed by atoms with E-state index in [4.69, 9.17) is 9.47 Å². The van der Waals surface area contributed by atoms with E-state index in [0.29, 0.717) is 24.7 Å². The third-order valence-electron chi connectivity index (χ3n) is 5.48. The number of hydrogen-bond donors (Lipinski definition) is 0. The number of aryl methyl sites for hydroxylation is 1. The topological polar surface area (TPSA) is 48.4 Å². The van der Waals surface area contributed by atoms with E-state index in [2.05, 4.69) is 11.1 Å². The van der Waals surface area contributed by atoms with Crippen LogP contribution in [0.1, 0.15) is 50.2 Å². The number of rotatable bonds is 12. The lowest BCUT2D eigenvalue weighted by Crippen LogP contribution is -2.01. The van der Waals surface area contributed by atoms with Gasteiger partial charge in [0.2, 0.25) is 0 Å². The van der Waals surface area contributed by atoms with Crippen LogP contribution < -0.4 is 4.74 Å². The SMILES string of the molecule is CCOC(=O)/C=C/c1ccc(OCC[C@@H]2CC2CCCCc2cccnc2)c(F)c1. The van der Waals surface area contributed by atoms with E-state index < -0.39 is 11.8 Å². The summed E-state index contributed by atoms with van der Waals surface area (Å²) < 4.78 is 24.7. The van der Waals surface area contributed by atoms with Crippen molar-refractivity contribution in [2.45, 2.75) is 45.4 Å². The molecule has 30 heavy (non-hydrogen) atoms. The molecule has 3 rings (SSSR count). The fraction of sp³-hybridized carbons (Fsp3) is 0.440. The first-order valence-corrected chi connectivity index (χ1v) is 10.8. The average Bonchev–Trinajstić information content (AvgIpc) is 3.50. The summed E-state index contributed by atoms with van der Waals surface area (Å²) in [6, 6.07) is 8.84. The summed E-state index contributed by atoms with van der Waals surface area (Å²) in [7, 11) is 0. The van der Waals surface area contributed by atoms with E-state index in [1.165, 1.54) is 49.5 Å². The van der Waals surface area contributed by atoms with Crippen LogP contribution in [0.4, 0.5) is 4.39 Å². The summed E-state index contributed by atoms with van der Waals surface area (Å²) in [6.45, 7) is 2.59. The zero-order valence-corrected chi connectivity index (χ0v) is 17.6. The largest absolute Gasteiger partial charge is 0.491 e. The molecule has 0 spiro atoms. The summed E-state index contributed by atoms with van der Waals surface area (Å²) in [5.41, 5.74) is 1.91. The zero-order chi connectivity index (χ0) is 21.2. The molecule has 0 radical (unpaired) electrons. The summed E-state index contributed by atoms with van der Waals surface area (Å²) in [4.78, 5) is 15.5. The summed E-state index contributed by atoms with van der Waals surface area (Å²) in [6.07, 6.45) is 13.6. The molecule has 1 aliphatic carbocycles. The first kappa shape index (κ1) is 22.0.